The van der Waals surface area contributed by atoms with E-state index >= 15 is 0 Å². The van der Waals surface area contributed by atoms with E-state index in [0.717, 1.165) is 16.3 Å². The molecular formula is C21H14FNO3. The monoisotopic (exact) mass is 347 g/mol. The maximum absolute atomic E-state index is 13.1. The molecule has 0 aliphatic carbocycles. The fourth-order valence-corrected chi connectivity index (χ4v) is 2.86. The summed E-state index contributed by atoms with van der Waals surface area (Å²) in [6.45, 7) is 0. The van der Waals surface area contributed by atoms with Gasteiger partial charge in [-0.05, 0) is 47.2 Å². The molecule has 0 amide bonds. The van der Waals surface area contributed by atoms with Gasteiger partial charge in [0.1, 0.15) is 11.6 Å². The Balaban J connectivity index is 1.82. The Hall–Kier alpha value is -3.47. The second-order valence-electron chi connectivity index (χ2n) is 5.75. The van der Waals surface area contributed by atoms with Gasteiger partial charge in [0.05, 0.1) is 7.11 Å². The molecule has 0 saturated heterocycles. The summed E-state index contributed by atoms with van der Waals surface area (Å²) in [5.74, 6) is -0.135. The van der Waals surface area contributed by atoms with Gasteiger partial charge < -0.3 is 9.47 Å². The standard InChI is InChI=1S/C21H14FNO3/c1-25-19-11-8-13-4-2-3-5-16(13)17(19)12-18-21(24)26-20(23-18)14-6-9-15(22)10-7-14/h2-12H,1H3/b18-12-. The first-order valence-electron chi connectivity index (χ1n) is 8.00. The molecule has 0 spiro atoms. The van der Waals surface area contributed by atoms with Gasteiger partial charge in [-0.2, -0.15) is 0 Å². The van der Waals surface area contributed by atoms with Crippen LogP contribution in [0.5, 0.6) is 5.75 Å². The van der Waals surface area contributed by atoms with Gasteiger partial charge in [-0.25, -0.2) is 14.2 Å². The Bertz CT molecular complexity index is 1070. The lowest BCUT2D eigenvalue weighted by atomic mass is 10.0. The predicted molar refractivity (Wildman–Crippen MR) is 97.5 cm³/mol. The van der Waals surface area contributed by atoms with Crippen LogP contribution >= 0.6 is 0 Å². The molecule has 0 atom stereocenters. The van der Waals surface area contributed by atoms with Crippen LogP contribution in [0.1, 0.15) is 11.1 Å². The van der Waals surface area contributed by atoms with E-state index in [1.807, 2.05) is 36.4 Å². The average Bonchev–Trinajstić information content (AvgIpc) is 3.03. The van der Waals surface area contributed by atoms with Crippen molar-refractivity contribution >= 4 is 28.7 Å². The minimum absolute atomic E-state index is 0.153. The molecule has 1 aliphatic rings. The van der Waals surface area contributed by atoms with Gasteiger partial charge in [0, 0.05) is 11.1 Å². The van der Waals surface area contributed by atoms with Crippen molar-refractivity contribution < 1.29 is 18.7 Å². The number of esters is 1. The molecule has 0 bridgehead atoms. The normalized spacial score (nSPS) is 15.2. The van der Waals surface area contributed by atoms with E-state index in [9.17, 15) is 9.18 Å². The summed E-state index contributed by atoms with van der Waals surface area (Å²) in [6, 6.07) is 17.2. The van der Waals surface area contributed by atoms with Crippen LogP contribution in [0.4, 0.5) is 4.39 Å². The van der Waals surface area contributed by atoms with E-state index in [2.05, 4.69) is 4.99 Å². The SMILES string of the molecule is COc1ccc2ccccc2c1/C=C1\N=C(c2ccc(F)cc2)OC1=O. The number of ether oxygens (including phenoxy) is 2. The molecule has 0 N–H and O–H groups in total. The van der Waals surface area contributed by atoms with Crippen LogP contribution in [0.3, 0.4) is 0 Å². The first-order chi connectivity index (χ1) is 12.7. The zero-order chi connectivity index (χ0) is 18.1. The maximum atomic E-state index is 13.1. The number of rotatable bonds is 3. The molecule has 1 aliphatic heterocycles. The molecule has 26 heavy (non-hydrogen) atoms. The zero-order valence-electron chi connectivity index (χ0n) is 13.9. The summed E-state index contributed by atoms with van der Waals surface area (Å²) in [4.78, 5) is 16.5. The number of hydrogen-bond acceptors (Lipinski definition) is 4. The van der Waals surface area contributed by atoms with Crippen LogP contribution in [0.25, 0.3) is 16.8 Å². The summed E-state index contributed by atoms with van der Waals surface area (Å²) in [7, 11) is 1.58. The zero-order valence-corrected chi connectivity index (χ0v) is 13.9. The number of carbonyl (C=O) groups excluding carboxylic acids is 1. The molecule has 0 radical (unpaired) electrons. The van der Waals surface area contributed by atoms with Crippen molar-refractivity contribution in [1.29, 1.82) is 0 Å². The van der Waals surface area contributed by atoms with Gasteiger partial charge in [0.25, 0.3) is 0 Å². The highest BCUT2D eigenvalue weighted by Crippen LogP contribution is 2.31. The second kappa shape index (κ2) is 6.44. The number of benzene rings is 3. The first-order valence-corrected chi connectivity index (χ1v) is 8.00. The number of carbonyl (C=O) groups is 1. The molecule has 5 heteroatoms. The van der Waals surface area contributed by atoms with Crippen molar-refractivity contribution in [2.75, 3.05) is 7.11 Å². The van der Waals surface area contributed by atoms with Crippen LogP contribution < -0.4 is 4.74 Å². The summed E-state index contributed by atoms with van der Waals surface area (Å²) < 4.78 is 23.7. The van der Waals surface area contributed by atoms with Gasteiger partial charge in [-0.15, -0.1) is 0 Å². The van der Waals surface area contributed by atoms with Crippen molar-refractivity contribution in [3.63, 3.8) is 0 Å². The Kier molecular flexibility index (Phi) is 3.97. The molecule has 4 nitrogen and oxygen atoms in total. The lowest BCUT2D eigenvalue weighted by molar-refractivity contribution is -0.129. The third-order valence-electron chi connectivity index (χ3n) is 4.14. The van der Waals surface area contributed by atoms with Gasteiger partial charge >= 0.3 is 5.97 Å². The number of halogens is 1. The smallest absolute Gasteiger partial charge is 0.363 e. The van der Waals surface area contributed by atoms with E-state index in [0.29, 0.717) is 11.3 Å². The lowest BCUT2D eigenvalue weighted by Gasteiger charge is -2.08. The molecule has 0 aromatic heterocycles. The molecule has 1 heterocycles. The molecule has 0 saturated carbocycles. The van der Waals surface area contributed by atoms with E-state index in [-0.39, 0.29) is 17.4 Å². The third-order valence-corrected chi connectivity index (χ3v) is 4.14. The quantitative estimate of drug-likeness (QED) is 0.523. The Morgan fingerprint density at radius 3 is 2.58 bits per heavy atom. The number of fused-ring (bicyclic) bond motifs is 1. The van der Waals surface area contributed by atoms with Crippen LogP contribution in [-0.4, -0.2) is 19.0 Å². The second-order valence-corrected chi connectivity index (χ2v) is 5.75. The Morgan fingerprint density at radius 1 is 1.04 bits per heavy atom. The Morgan fingerprint density at radius 2 is 1.81 bits per heavy atom. The van der Waals surface area contributed by atoms with E-state index in [4.69, 9.17) is 9.47 Å². The molecule has 4 rings (SSSR count). The molecule has 128 valence electrons. The minimum Gasteiger partial charge on any atom is -0.496 e. The molecule has 3 aromatic carbocycles. The average molecular weight is 347 g/mol. The lowest BCUT2D eigenvalue weighted by Crippen LogP contribution is -2.05. The van der Waals surface area contributed by atoms with Crippen LogP contribution in [0.2, 0.25) is 0 Å². The maximum Gasteiger partial charge on any atom is 0.363 e. The highest BCUT2D eigenvalue weighted by molar-refractivity contribution is 6.13. The van der Waals surface area contributed by atoms with Gasteiger partial charge in [-0.1, -0.05) is 30.3 Å². The van der Waals surface area contributed by atoms with E-state index in [1.54, 1.807) is 13.2 Å². The van der Waals surface area contributed by atoms with Gasteiger partial charge in [0.15, 0.2) is 5.70 Å². The van der Waals surface area contributed by atoms with Crippen LogP contribution in [0, 0.1) is 5.82 Å². The molecule has 3 aromatic rings. The Labute approximate surface area is 149 Å². The van der Waals surface area contributed by atoms with E-state index < -0.39 is 5.97 Å². The van der Waals surface area contributed by atoms with Crippen molar-refractivity contribution in [2.45, 2.75) is 0 Å². The summed E-state index contributed by atoms with van der Waals surface area (Å²) in [5.41, 5.74) is 1.45. The highest BCUT2D eigenvalue weighted by atomic mass is 19.1. The third kappa shape index (κ3) is 2.84. The highest BCUT2D eigenvalue weighted by Gasteiger charge is 2.25. The van der Waals surface area contributed by atoms with Crippen molar-refractivity contribution in [3.8, 4) is 5.75 Å². The summed E-state index contributed by atoms with van der Waals surface area (Å²) in [5, 5.41) is 1.96. The van der Waals surface area contributed by atoms with Gasteiger partial charge in [-0.3, -0.25) is 0 Å². The molecule has 0 unspecified atom stereocenters. The summed E-state index contributed by atoms with van der Waals surface area (Å²) in [6.07, 6.45) is 1.65. The molecule has 0 fully saturated rings. The van der Waals surface area contributed by atoms with Crippen LogP contribution in [0.15, 0.2) is 71.4 Å². The fourth-order valence-electron chi connectivity index (χ4n) is 2.86. The van der Waals surface area contributed by atoms with Crippen LogP contribution in [-0.2, 0) is 9.53 Å². The van der Waals surface area contributed by atoms with Crippen molar-refractivity contribution in [3.05, 3.63) is 83.3 Å². The van der Waals surface area contributed by atoms with Gasteiger partial charge in [0.2, 0.25) is 5.90 Å². The van der Waals surface area contributed by atoms with Crippen molar-refractivity contribution in [2.24, 2.45) is 4.99 Å². The minimum atomic E-state index is -0.556. The molecular weight excluding hydrogens is 333 g/mol. The summed E-state index contributed by atoms with van der Waals surface area (Å²) >= 11 is 0. The van der Waals surface area contributed by atoms with E-state index in [1.165, 1.54) is 24.3 Å². The predicted octanol–water partition coefficient (Wildman–Crippen LogP) is 4.33. The topological polar surface area (TPSA) is 47.9 Å². The number of cyclic esters (lactones) is 1. The fraction of sp³-hybridized carbons (Fsp3) is 0.0476. The number of aliphatic imine (C=N–C) groups is 1. The number of hydrogen-bond donors (Lipinski definition) is 0. The van der Waals surface area contributed by atoms with Crippen molar-refractivity contribution in [1.82, 2.24) is 0 Å². The number of methoxy groups -OCH3 is 1. The number of nitrogens with zero attached hydrogens (tertiary/aromatic N) is 1. The largest absolute Gasteiger partial charge is 0.496 e. The first kappa shape index (κ1) is 16.0.